The number of nitrogens with one attached hydrogen (secondary N) is 1. The fourth-order valence-electron chi connectivity index (χ4n) is 3.89. The van der Waals surface area contributed by atoms with Crippen molar-refractivity contribution >= 4 is 33.4 Å². The van der Waals surface area contributed by atoms with Gasteiger partial charge in [-0.25, -0.2) is 9.78 Å². The predicted octanol–water partition coefficient (Wildman–Crippen LogP) is 6.25. The van der Waals surface area contributed by atoms with Crippen LogP contribution in [-0.4, -0.2) is 22.0 Å². The molecule has 1 aromatic heterocycles. The maximum Gasteiger partial charge on any atom is 0.335 e. The first-order valence-electron chi connectivity index (χ1n) is 11.6. The van der Waals surface area contributed by atoms with Crippen LogP contribution in [0.3, 0.4) is 0 Å². The number of thiazole rings is 1. The Hall–Kier alpha value is -3.51. The average Bonchev–Trinajstić information content (AvgIpc) is 3.25. The van der Waals surface area contributed by atoms with Gasteiger partial charge in [-0.05, 0) is 59.4 Å². The van der Waals surface area contributed by atoms with Gasteiger partial charge in [0.1, 0.15) is 5.01 Å². The number of hydrogen-bond donors (Lipinski definition) is 2. The topological polar surface area (TPSA) is 79.3 Å². The van der Waals surface area contributed by atoms with Gasteiger partial charge in [0.25, 0.3) is 0 Å². The van der Waals surface area contributed by atoms with Crippen molar-refractivity contribution in [1.82, 2.24) is 10.3 Å². The standard InChI is InChI=1S/C28H28N2O3S/c1-2-3-4-6-19-9-11-21(12-10-19)22-13-14-24-25(16-22)34-27(30-24)17-26(31)29-18-20-7-5-8-23(15-20)28(32)33/h5,7-16H,2-4,6,17-18H2,1H3,(H,29,31)(H,32,33). The lowest BCUT2D eigenvalue weighted by molar-refractivity contribution is -0.120. The Kier molecular flexibility index (Phi) is 7.70. The van der Waals surface area contributed by atoms with Gasteiger partial charge in [0, 0.05) is 6.54 Å². The summed E-state index contributed by atoms with van der Waals surface area (Å²) in [6.07, 6.45) is 5.05. The SMILES string of the molecule is CCCCCc1ccc(-c2ccc3nc(CC(=O)NCc4cccc(C(=O)O)c4)sc3c2)cc1. The summed E-state index contributed by atoms with van der Waals surface area (Å²) in [5, 5.41) is 12.7. The Balaban J connectivity index is 1.38. The third-order valence-corrected chi connectivity index (χ3v) is 6.78. The highest BCUT2D eigenvalue weighted by Crippen LogP contribution is 2.29. The van der Waals surface area contributed by atoms with Crippen LogP contribution in [0.4, 0.5) is 0 Å². The molecule has 4 rings (SSSR count). The molecule has 1 heterocycles. The zero-order valence-corrected chi connectivity index (χ0v) is 20.0. The third kappa shape index (κ3) is 6.08. The number of aromatic nitrogens is 1. The second kappa shape index (κ2) is 11.1. The number of hydrogen-bond acceptors (Lipinski definition) is 4. The molecule has 3 aromatic carbocycles. The van der Waals surface area contributed by atoms with E-state index in [1.54, 1.807) is 18.2 Å². The largest absolute Gasteiger partial charge is 0.478 e. The number of carbonyl (C=O) groups is 2. The minimum absolute atomic E-state index is 0.140. The lowest BCUT2D eigenvalue weighted by atomic mass is 10.0. The summed E-state index contributed by atoms with van der Waals surface area (Å²) >= 11 is 1.53. The van der Waals surface area contributed by atoms with Crippen molar-refractivity contribution in [2.45, 2.75) is 45.6 Å². The molecular formula is C28H28N2O3S. The van der Waals surface area contributed by atoms with E-state index in [1.807, 2.05) is 6.07 Å². The first-order chi connectivity index (χ1) is 16.5. The van der Waals surface area contributed by atoms with E-state index in [4.69, 9.17) is 5.11 Å². The zero-order valence-electron chi connectivity index (χ0n) is 19.2. The van der Waals surface area contributed by atoms with Crippen LogP contribution in [-0.2, 0) is 24.2 Å². The number of benzene rings is 3. The monoisotopic (exact) mass is 472 g/mol. The second-order valence-corrected chi connectivity index (χ2v) is 9.52. The van der Waals surface area contributed by atoms with Gasteiger partial charge in [-0.3, -0.25) is 4.79 Å². The molecule has 0 unspecified atom stereocenters. The fourth-order valence-corrected chi connectivity index (χ4v) is 4.89. The average molecular weight is 473 g/mol. The molecule has 2 N–H and O–H groups in total. The summed E-state index contributed by atoms with van der Waals surface area (Å²) < 4.78 is 1.06. The third-order valence-electron chi connectivity index (χ3n) is 5.76. The number of rotatable bonds is 10. The highest BCUT2D eigenvalue weighted by atomic mass is 32.1. The van der Waals surface area contributed by atoms with Gasteiger partial charge in [0.05, 0.1) is 22.2 Å². The number of amides is 1. The van der Waals surface area contributed by atoms with Crippen molar-refractivity contribution in [1.29, 1.82) is 0 Å². The minimum Gasteiger partial charge on any atom is -0.478 e. The lowest BCUT2D eigenvalue weighted by Crippen LogP contribution is -2.24. The molecule has 0 saturated carbocycles. The quantitative estimate of drug-likeness (QED) is 0.267. The molecule has 0 atom stereocenters. The molecule has 34 heavy (non-hydrogen) atoms. The maximum absolute atomic E-state index is 12.4. The van der Waals surface area contributed by atoms with E-state index in [0.29, 0.717) is 0 Å². The number of carbonyl (C=O) groups excluding carboxylic acids is 1. The number of aromatic carboxylic acids is 1. The molecule has 1 amide bonds. The van der Waals surface area contributed by atoms with Gasteiger partial charge < -0.3 is 10.4 Å². The number of fused-ring (bicyclic) bond motifs is 1. The first kappa shape index (κ1) is 23.6. The van der Waals surface area contributed by atoms with Crippen LogP contribution in [0.5, 0.6) is 0 Å². The van der Waals surface area contributed by atoms with E-state index in [-0.39, 0.29) is 24.4 Å². The van der Waals surface area contributed by atoms with Crippen molar-refractivity contribution in [3.05, 3.63) is 88.4 Å². The van der Waals surface area contributed by atoms with Gasteiger partial charge in [-0.15, -0.1) is 11.3 Å². The van der Waals surface area contributed by atoms with Gasteiger partial charge in [-0.1, -0.05) is 62.2 Å². The Labute approximate surface area is 203 Å². The van der Waals surface area contributed by atoms with Gasteiger partial charge >= 0.3 is 5.97 Å². The molecule has 4 aromatic rings. The van der Waals surface area contributed by atoms with Gasteiger partial charge in [-0.2, -0.15) is 0 Å². The summed E-state index contributed by atoms with van der Waals surface area (Å²) in [5.74, 6) is -1.12. The van der Waals surface area contributed by atoms with E-state index in [9.17, 15) is 9.59 Å². The Morgan fingerprint density at radius 3 is 2.50 bits per heavy atom. The molecule has 0 spiro atoms. The summed E-state index contributed by atoms with van der Waals surface area (Å²) in [5.41, 5.74) is 5.54. The van der Waals surface area contributed by atoms with Gasteiger partial charge in [0.15, 0.2) is 0 Å². The lowest BCUT2D eigenvalue weighted by Gasteiger charge is -2.05. The van der Waals surface area contributed by atoms with Crippen LogP contribution in [0, 0.1) is 0 Å². The van der Waals surface area contributed by atoms with Crippen LogP contribution in [0.1, 0.15) is 52.7 Å². The smallest absolute Gasteiger partial charge is 0.335 e. The second-order valence-electron chi connectivity index (χ2n) is 8.40. The number of carboxylic acids is 1. The van der Waals surface area contributed by atoms with Crippen LogP contribution >= 0.6 is 11.3 Å². The van der Waals surface area contributed by atoms with Crippen LogP contribution in [0.15, 0.2) is 66.7 Å². The molecule has 0 fully saturated rings. The molecule has 5 nitrogen and oxygen atoms in total. The van der Waals surface area contributed by atoms with Crippen LogP contribution in [0.2, 0.25) is 0 Å². The summed E-state index contributed by atoms with van der Waals surface area (Å²) in [6.45, 7) is 2.50. The molecule has 174 valence electrons. The van der Waals surface area contributed by atoms with Crippen molar-refractivity contribution in [3.8, 4) is 11.1 Å². The molecular weight excluding hydrogens is 444 g/mol. The summed E-state index contributed by atoms with van der Waals surface area (Å²) in [6, 6.07) is 21.6. The highest BCUT2D eigenvalue weighted by Gasteiger charge is 2.11. The van der Waals surface area contributed by atoms with Gasteiger partial charge in [0.2, 0.25) is 5.91 Å². The van der Waals surface area contributed by atoms with E-state index in [2.05, 4.69) is 53.6 Å². The fraction of sp³-hybridized carbons (Fsp3) is 0.250. The number of unbranched alkanes of at least 4 members (excludes halogenated alkanes) is 2. The number of nitrogens with zero attached hydrogens (tertiary/aromatic N) is 1. The molecule has 0 bridgehead atoms. The number of aryl methyl sites for hydroxylation is 1. The van der Waals surface area contributed by atoms with Crippen molar-refractivity contribution in [2.75, 3.05) is 0 Å². The Morgan fingerprint density at radius 2 is 1.74 bits per heavy atom. The predicted molar refractivity (Wildman–Crippen MR) is 137 cm³/mol. The van der Waals surface area contributed by atoms with Crippen molar-refractivity contribution in [2.24, 2.45) is 0 Å². The molecule has 0 aliphatic rings. The van der Waals surface area contributed by atoms with E-state index in [1.165, 1.54) is 47.8 Å². The van der Waals surface area contributed by atoms with Crippen molar-refractivity contribution in [3.63, 3.8) is 0 Å². The van der Waals surface area contributed by atoms with E-state index >= 15 is 0 Å². The van der Waals surface area contributed by atoms with E-state index < -0.39 is 5.97 Å². The normalized spacial score (nSPS) is 11.0. The molecule has 0 aliphatic heterocycles. The van der Waals surface area contributed by atoms with Crippen LogP contribution in [0.25, 0.3) is 21.3 Å². The van der Waals surface area contributed by atoms with E-state index in [0.717, 1.165) is 32.8 Å². The zero-order chi connectivity index (χ0) is 23.9. The molecule has 0 saturated heterocycles. The minimum atomic E-state index is -0.982. The number of carboxylic acid groups (broad SMARTS) is 1. The molecule has 6 heteroatoms. The first-order valence-corrected chi connectivity index (χ1v) is 12.4. The maximum atomic E-state index is 12.4. The Bertz CT molecular complexity index is 1290. The van der Waals surface area contributed by atoms with Crippen LogP contribution < -0.4 is 5.32 Å². The summed E-state index contributed by atoms with van der Waals surface area (Å²) in [4.78, 5) is 28.2. The highest BCUT2D eigenvalue weighted by molar-refractivity contribution is 7.18. The summed E-state index contributed by atoms with van der Waals surface area (Å²) in [7, 11) is 0. The molecule has 0 radical (unpaired) electrons. The van der Waals surface area contributed by atoms with Crippen molar-refractivity contribution < 1.29 is 14.7 Å². The Morgan fingerprint density at radius 1 is 0.941 bits per heavy atom. The molecule has 0 aliphatic carbocycles.